The Morgan fingerprint density at radius 2 is 1.66 bits per heavy atom. The number of nitriles is 1. The number of anilines is 1. The molecule has 0 atom stereocenters. The van der Waals surface area contributed by atoms with Gasteiger partial charge in [0.05, 0.1) is 12.1 Å². The summed E-state index contributed by atoms with van der Waals surface area (Å²) in [6.45, 7) is 0.376. The molecule has 208 valence electrons. The number of nitrogens with zero attached hydrogens (tertiary/aromatic N) is 1. The van der Waals surface area contributed by atoms with Gasteiger partial charge in [0.15, 0.2) is 11.5 Å². The average Bonchev–Trinajstić information content (AvgIpc) is 2.96. The van der Waals surface area contributed by atoms with Crippen molar-refractivity contribution in [2.45, 2.75) is 13.2 Å². The van der Waals surface area contributed by atoms with Crippen LogP contribution in [0.3, 0.4) is 0 Å². The fourth-order valence-corrected chi connectivity index (χ4v) is 4.38. The number of amides is 1. The molecule has 0 saturated carbocycles. The summed E-state index contributed by atoms with van der Waals surface area (Å²) in [5.74, 6) is 0.188. The minimum absolute atomic E-state index is 0.135. The second-order valence-corrected chi connectivity index (χ2v) is 9.87. The number of nitrogens with one attached hydrogen (secondary N) is 1. The molecular formula is C31H22Cl3FN2O4. The zero-order valence-corrected chi connectivity index (χ0v) is 23.9. The topological polar surface area (TPSA) is 80.6 Å². The van der Waals surface area contributed by atoms with Crippen LogP contribution in [0.2, 0.25) is 15.1 Å². The van der Waals surface area contributed by atoms with Crippen molar-refractivity contribution in [3.05, 3.63) is 122 Å². The van der Waals surface area contributed by atoms with Gasteiger partial charge in [-0.05, 0) is 77.9 Å². The van der Waals surface area contributed by atoms with Gasteiger partial charge in [-0.3, -0.25) is 4.79 Å². The minimum Gasteiger partial charge on any atom is -0.493 e. The van der Waals surface area contributed by atoms with Crippen LogP contribution in [0.4, 0.5) is 10.1 Å². The van der Waals surface area contributed by atoms with Gasteiger partial charge < -0.3 is 19.5 Å². The summed E-state index contributed by atoms with van der Waals surface area (Å²) in [4.78, 5) is 12.8. The number of ether oxygens (including phenoxy) is 3. The Balaban J connectivity index is 1.41. The number of benzene rings is 4. The maximum absolute atomic E-state index is 13.2. The highest BCUT2D eigenvalue weighted by Crippen LogP contribution is 2.37. The lowest BCUT2D eigenvalue weighted by atomic mass is 10.1. The van der Waals surface area contributed by atoms with Gasteiger partial charge in [-0.2, -0.15) is 5.26 Å². The molecule has 0 aromatic heterocycles. The quantitative estimate of drug-likeness (QED) is 0.144. The predicted octanol–water partition coefficient (Wildman–Crippen LogP) is 8.50. The summed E-state index contributed by atoms with van der Waals surface area (Å²) in [7, 11) is 1.44. The maximum Gasteiger partial charge on any atom is 0.266 e. The van der Waals surface area contributed by atoms with Gasteiger partial charge >= 0.3 is 0 Å². The lowest BCUT2D eigenvalue weighted by Crippen LogP contribution is -2.13. The first-order chi connectivity index (χ1) is 19.7. The van der Waals surface area contributed by atoms with Crippen molar-refractivity contribution in [3.63, 3.8) is 0 Å². The second-order valence-electron chi connectivity index (χ2n) is 8.62. The van der Waals surface area contributed by atoms with Gasteiger partial charge in [0, 0.05) is 21.3 Å². The molecule has 0 saturated heterocycles. The summed E-state index contributed by atoms with van der Waals surface area (Å²) in [6, 6.07) is 22.7. The van der Waals surface area contributed by atoms with Crippen LogP contribution >= 0.6 is 34.8 Å². The maximum atomic E-state index is 13.2. The fraction of sp³-hybridized carbons (Fsp3) is 0.0968. The van der Waals surface area contributed by atoms with Gasteiger partial charge in [0.25, 0.3) is 5.91 Å². The third-order valence-corrected chi connectivity index (χ3v) is 6.61. The normalized spacial score (nSPS) is 11.0. The molecule has 1 N–H and O–H groups in total. The minimum atomic E-state index is -0.610. The SMILES string of the molecule is COc1cc(/C=C(\C#N)C(=O)Nc2ccc(OCc3ccc(Cl)cc3Cl)cc2)cc(Cl)c1OCc1ccc(F)cc1. The van der Waals surface area contributed by atoms with Gasteiger partial charge in [-0.15, -0.1) is 0 Å². The molecule has 0 heterocycles. The molecule has 1 amide bonds. The van der Waals surface area contributed by atoms with E-state index in [4.69, 9.17) is 49.0 Å². The number of rotatable bonds is 10. The molecule has 41 heavy (non-hydrogen) atoms. The predicted molar refractivity (Wildman–Crippen MR) is 158 cm³/mol. The van der Waals surface area contributed by atoms with E-state index in [1.807, 2.05) is 6.07 Å². The average molecular weight is 612 g/mol. The number of hydrogen-bond acceptors (Lipinski definition) is 5. The molecule has 0 aliphatic heterocycles. The van der Waals surface area contributed by atoms with Crippen LogP contribution in [-0.4, -0.2) is 13.0 Å². The van der Waals surface area contributed by atoms with Crippen LogP contribution < -0.4 is 19.5 Å². The molecule has 0 fully saturated rings. The largest absolute Gasteiger partial charge is 0.493 e. The Morgan fingerprint density at radius 1 is 0.927 bits per heavy atom. The highest BCUT2D eigenvalue weighted by atomic mass is 35.5. The summed E-state index contributed by atoms with van der Waals surface area (Å²) < 4.78 is 30.1. The van der Waals surface area contributed by atoms with E-state index in [0.29, 0.717) is 32.8 Å². The van der Waals surface area contributed by atoms with Crippen molar-refractivity contribution in [1.82, 2.24) is 0 Å². The molecule has 0 bridgehead atoms. The van der Waals surface area contributed by atoms with Crippen molar-refractivity contribution in [1.29, 1.82) is 5.26 Å². The van der Waals surface area contributed by atoms with Crippen LogP contribution in [0.1, 0.15) is 16.7 Å². The van der Waals surface area contributed by atoms with Gasteiger partial charge in [-0.25, -0.2) is 4.39 Å². The monoisotopic (exact) mass is 610 g/mol. The Bertz CT molecular complexity index is 1620. The molecule has 6 nitrogen and oxygen atoms in total. The Labute approximate surface area is 251 Å². The van der Waals surface area contributed by atoms with E-state index in [2.05, 4.69) is 5.32 Å². The number of halogens is 4. The summed E-state index contributed by atoms with van der Waals surface area (Å²) in [5, 5.41) is 13.6. The number of hydrogen-bond donors (Lipinski definition) is 1. The molecule has 0 spiro atoms. The molecule has 4 rings (SSSR count). The fourth-order valence-electron chi connectivity index (χ4n) is 3.65. The molecule has 0 radical (unpaired) electrons. The third kappa shape index (κ3) is 8.15. The van der Waals surface area contributed by atoms with Crippen LogP contribution in [0.25, 0.3) is 6.08 Å². The molecular weight excluding hydrogens is 590 g/mol. The number of methoxy groups -OCH3 is 1. The Kier molecular flexibility index (Phi) is 10.1. The van der Waals surface area contributed by atoms with Crippen LogP contribution in [0.5, 0.6) is 17.2 Å². The van der Waals surface area contributed by atoms with E-state index in [-0.39, 0.29) is 35.4 Å². The third-order valence-electron chi connectivity index (χ3n) is 5.75. The van der Waals surface area contributed by atoms with Gasteiger partial charge in [0.1, 0.15) is 36.4 Å². The Morgan fingerprint density at radius 3 is 2.32 bits per heavy atom. The molecule has 10 heteroatoms. The smallest absolute Gasteiger partial charge is 0.266 e. The molecule has 0 unspecified atom stereocenters. The van der Waals surface area contributed by atoms with Gasteiger partial charge in [0.2, 0.25) is 0 Å². The number of carbonyl (C=O) groups is 1. The van der Waals surface area contributed by atoms with Crippen molar-refractivity contribution in [2.24, 2.45) is 0 Å². The molecule has 4 aromatic carbocycles. The van der Waals surface area contributed by atoms with E-state index in [1.54, 1.807) is 66.7 Å². The number of carbonyl (C=O) groups excluding carboxylic acids is 1. The van der Waals surface area contributed by atoms with E-state index in [1.165, 1.54) is 25.3 Å². The standard InChI is InChI=1S/C31H22Cl3FN2O4/c1-39-29-14-20(13-28(34)30(29)41-17-19-2-6-24(35)7-3-19)12-22(16-36)31(38)37-25-8-10-26(11-9-25)40-18-21-4-5-23(32)15-27(21)33/h2-15H,17-18H2,1H3,(H,37,38)/b22-12+. The molecule has 0 aliphatic rings. The Hall–Kier alpha value is -4.22. The first-order valence-corrected chi connectivity index (χ1v) is 13.2. The van der Waals surface area contributed by atoms with Crippen LogP contribution in [-0.2, 0) is 18.0 Å². The zero-order chi connectivity index (χ0) is 29.4. The van der Waals surface area contributed by atoms with E-state index >= 15 is 0 Å². The van der Waals surface area contributed by atoms with Crippen LogP contribution in [0.15, 0.2) is 84.4 Å². The first kappa shape index (κ1) is 29.8. The van der Waals surface area contributed by atoms with E-state index < -0.39 is 5.91 Å². The molecule has 4 aromatic rings. The lowest BCUT2D eigenvalue weighted by molar-refractivity contribution is -0.112. The van der Waals surface area contributed by atoms with Gasteiger partial charge in [-0.1, -0.05) is 53.0 Å². The first-order valence-electron chi connectivity index (χ1n) is 12.1. The van der Waals surface area contributed by atoms with Crippen molar-refractivity contribution < 1.29 is 23.4 Å². The highest BCUT2D eigenvalue weighted by Gasteiger charge is 2.15. The summed E-state index contributed by atoms with van der Waals surface area (Å²) in [6.07, 6.45) is 1.39. The van der Waals surface area contributed by atoms with E-state index in [9.17, 15) is 14.4 Å². The molecule has 0 aliphatic carbocycles. The highest BCUT2D eigenvalue weighted by molar-refractivity contribution is 6.35. The van der Waals surface area contributed by atoms with Crippen LogP contribution in [0, 0.1) is 17.1 Å². The lowest BCUT2D eigenvalue weighted by Gasteiger charge is -2.14. The van der Waals surface area contributed by atoms with Crippen molar-refractivity contribution >= 4 is 52.5 Å². The summed E-state index contributed by atoms with van der Waals surface area (Å²) >= 11 is 18.5. The van der Waals surface area contributed by atoms with Crippen molar-refractivity contribution in [2.75, 3.05) is 12.4 Å². The second kappa shape index (κ2) is 13.9. The summed E-state index contributed by atoms with van der Waals surface area (Å²) in [5.41, 5.74) is 2.29. The zero-order valence-electron chi connectivity index (χ0n) is 21.6. The van der Waals surface area contributed by atoms with E-state index in [0.717, 1.165) is 11.1 Å². The van der Waals surface area contributed by atoms with Crippen molar-refractivity contribution in [3.8, 4) is 23.3 Å².